The van der Waals surface area contributed by atoms with Crippen molar-refractivity contribution < 1.29 is 4.79 Å². The number of aldehydes is 1. The lowest BCUT2D eigenvalue weighted by Crippen LogP contribution is -2.21. The quantitative estimate of drug-likeness (QED) is 0.808. The molecule has 1 aromatic carbocycles. The van der Waals surface area contributed by atoms with Gasteiger partial charge in [-0.25, -0.2) is 0 Å². The van der Waals surface area contributed by atoms with Crippen LogP contribution in [0.15, 0.2) is 18.2 Å². The van der Waals surface area contributed by atoms with Crippen LogP contribution in [0.5, 0.6) is 0 Å². The molecule has 1 fully saturated rings. The Morgan fingerprint density at radius 3 is 2.88 bits per heavy atom. The number of hydrogen-bond donors (Lipinski definition) is 1. The van der Waals surface area contributed by atoms with Crippen molar-refractivity contribution in [2.45, 2.75) is 19.4 Å². The lowest BCUT2D eigenvalue weighted by Gasteiger charge is -2.21. The maximum Gasteiger partial charge on any atom is 0.150 e. The predicted molar refractivity (Wildman–Crippen MR) is 69.1 cm³/mol. The number of hydrogen-bond acceptors (Lipinski definition) is 3. The van der Waals surface area contributed by atoms with E-state index in [0.29, 0.717) is 12.0 Å². The molecule has 0 saturated carbocycles. The highest BCUT2D eigenvalue weighted by Gasteiger charge is 2.30. The minimum Gasteiger partial charge on any atom is -0.330 e. The topological polar surface area (TPSA) is 46.3 Å². The summed E-state index contributed by atoms with van der Waals surface area (Å²) in [4.78, 5) is 13.4. The number of aryl methyl sites for hydroxylation is 1. The van der Waals surface area contributed by atoms with E-state index in [1.54, 1.807) is 0 Å². The highest BCUT2D eigenvalue weighted by Crippen LogP contribution is 2.35. The van der Waals surface area contributed by atoms with Crippen LogP contribution < -0.4 is 5.73 Å². The number of nitrogens with two attached hydrogens (primary N) is 1. The molecule has 0 bridgehead atoms. The summed E-state index contributed by atoms with van der Waals surface area (Å²) in [5.74, 6) is 0.546. The van der Waals surface area contributed by atoms with Gasteiger partial charge >= 0.3 is 0 Å². The lowest BCUT2D eigenvalue weighted by atomic mass is 9.95. The summed E-state index contributed by atoms with van der Waals surface area (Å²) in [6.45, 7) is 3.81. The zero-order valence-electron chi connectivity index (χ0n) is 10.5. The van der Waals surface area contributed by atoms with E-state index in [9.17, 15) is 4.79 Å². The van der Waals surface area contributed by atoms with Crippen molar-refractivity contribution in [1.82, 2.24) is 4.90 Å². The van der Waals surface area contributed by atoms with E-state index in [1.807, 2.05) is 12.1 Å². The van der Waals surface area contributed by atoms with Gasteiger partial charge in [0.05, 0.1) is 0 Å². The van der Waals surface area contributed by atoms with E-state index < -0.39 is 0 Å². The molecule has 0 aromatic heterocycles. The second-order valence-corrected chi connectivity index (χ2v) is 5.04. The number of likely N-dealkylation sites (tertiary alicyclic amines) is 1. The zero-order valence-corrected chi connectivity index (χ0v) is 10.5. The van der Waals surface area contributed by atoms with Crippen molar-refractivity contribution in [3.63, 3.8) is 0 Å². The normalized spacial score (nSPS) is 25.1. The molecule has 2 unspecified atom stereocenters. The van der Waals surface area contributed by atoms with Crippen LogP contribution in [0.2, 0.25) is 0 Å². The monoisotopic (exact) mass is 232 g/mol. The largest absolute Gasteiger partial charge is 0.330 e. The van der Waals surface area contributed by atoms with E-state index in [4.69, 9.17) is 5.73 Å². The van der Waals surface area contributed by atoms with Crippen molar-refractivity contribution in [3.8, 4) is 0 Å². The molecule has 0 aliphatic carbocycles. The minimum atomic E-state index is 0.337. The molecule has 2 rings (SSSR count). The molecule has 0 spiro atoms. The van der Waals surface area contributed by atoms with E-state index in [1.165, 1.54) is 5.56 Å². The van der Waals surface area contributed by atoms with E-state index >= 15 is 0 Å². The molecule has 1 saturated heterocycles. The van der Waals surface area contributed by atoms with Gasteiger partial charge in [-0.15, -0.1) is 0 Å². The van der Waals surface area contributed by atoms with Crippen LogP contribution in [0.1, 0.15) is 33.9 Å². The first-order chi connectivity index (χ1) is 8.15. The van der Waals surface area contributed by atoms with E-state index in [2.05, 4.69) is 24.9 Å². The molecule has 1 heterocycles. The summed E-state index contributed by atoms with van der Waals surface area (Å²) in [5.41, 5.74) is 8.91. The summed E-state index contributed by atoms with van der Waals surface area (Å²) < 4.78 is 0. The van der Waals surface area contributed by atoms with E-state index in [-0.39, 0.29) is 0 Å². The van der Waals surface area contributed by atoms with Crippen LogP contribution in [0.4, 0.5) is 0 Å². The first kappa shape index (κ1) is 12.3. The number of carbonyl (C=O) groups excluding carboxylic acids is 1. The second kappa shape index (κ2) is 4.98. The minimum absolute atomic E-state index is 0.337. The highest BCUT2D eigenvalue weighted by molar-refractivity contribution is 5.77. The summed E-state index contributed by atoms with van der Waals surface area (Å²) in [6.07, 6.45) is 2.01. The standard InChI is InChI=1S/C14H20N2O/c1-10-3-4-12(9-17)13(5-10)14-6-11(7-15)8-16(14)2/h3-5,9,11,14H,6-8,15H2,1-2H3. The molecule has 0 radical (unpaired) electrons. The van der Waals surface area contributed by atoms with Crippen molar-refractivity contribution >= 4 is 6.29 Å². The Labute approximate surface area is 103 Å². The third-order valence-electron chi connectivity index (χ3n) is 3.70. The molecule has 17 heavy (non-hydrogen) atoms. The molecule has 2 atom stereocenters. The van der Waals surface area contributed by atoms with Gasteiger partial charge in [0.25, 0.3) is 0 Å². The van der Waals surface area contributed by atoms with Gasteiger partial charge in [0.2, 0.25) is 0 Å². The Bertz CT molecular complexity index is 417. The summed E-state index contributed by atoms with van der Waals surface area (Å²) in [6, 6.07) is 6.37. The first-order valence-electron chi connectivity index (χ1n) is 6.11. The Morgan fingerprint density at radius 1 is 1.53 bits per heavy atom. The number of benzene rings is 1. The zero-order chi connectivity index (χ0) is 12.4. The Hall–Kier alpha value is -1.19. The van der Waals surface area contributed by atoms with Gasteiger partial charge in [-0.1, -0.05) is 23.8 Å². The van der Waals surface area contributed by atoms with Crippen LogP contribution in [-0.2, 0) is 0 Å². The molecule has 1 aliphatic heterocycles. The Balaban J connectivity index is 2.33. The maximum atomic E-state index is 11.1. The van der Waals surface area contributed by atoms with Crippen LogP contribution in [-0.4, -0.2) is 31.3 Å². The fourth-order valence-electron chi connectivity index (χ4n) is 2.73. The third kappa shape index (κ3) is 2.40. The molecule has 3 heteroatoms. The van der Waals surface area contributed by atoms with Gasteiger partial charge in [-0.2, -0.15) is 0 Å². The van der Waals surface area contributed by atoms with E-state index in [0.717, 1.165) is 36.9 Å². The summed E-state index contributed by atoms with van der Waals surface area (Å²) in [7, 11) is 2.11. The molecule has 1 aromatic rings. The molecular weight excluding hydrogens is 212 g/mol. The Morgan fingerprint density at radius 2 is 2.29 bits per heavy atom. The smallest absolute Gasteiger partial charge is 0.150 e. The molecule has 1 aliphatic rings. The summed E-state index contributed by atoms with van der Waals surface area (Å²) >= 11 is 0. The highest BCUT2D eigenvalue weighted by atomic mass is 16.1. The lowest BCUT2D eigenvalue weighted by molar-refractivity contribution is 0.112. The van der Waals surface area contributed by atoms with Gasteiger partial charge in [0.1, 0.15) is 6.29 Å². The van der Waals surface area contributed by atoms with Crippen LogP contribution >= 0.6 is 0 Å². The fourth-order valence-corrected chi connectivity index (χ4v) is 2.73. The van der Waals surface area contributed by atoms with Gasteiger partial charge in [-0.3, -0.25) is 9.69 Å². The second-order valence-electron chi connectivity index (χ2n) is 5.04. The van der Waals surface area contributed by atoms with Crippen molar-refractivity contribution in [2.24, 2.45) is 11.7 Å². The molecular formula is C14H20N2O. The van der Waals surface area contributed by atoms with Crippen LogP contribution in [0.3, 0.4) is 0 Å². The summed E-state index contributed by atoms with van der Waals surface area (Å²) in [5, 5.41) is 0. The number of nitrogens with zero attached hydrogens (tertiary/aromatic N) is 1. The van der Waals surface area contributed by atoms with Crippen LogP contribution in [0, 0.1) is 12.8 Å². The maximum absolute atomic E-state index is 11.1. The molecule has 92 valence electrons. The van der Waals surface area contributed by atoms with Gasteiger partial charge in [0, 0.05) is 18.2 Å². The molecule has 3 nitrogen and oxygen atoms in total. The first-order valence-corrected chi connectivity index (χ1v) is 6.11. The number of rotatable bonds is 3. The van der Waals surface area contributed by atoms with Crippen molar-refractivity contribution in [1.29, 1.82) is 0 Å². The Kier molecular flexibility index (Phi) is 3.60. The SMILES string of the molecule is Cc1ccc(C=O)c(C2CC(CN)CN2C)c1. The molecule has 0 amide bonds. The van der Waals surface area contributed by atoms with Crippen LogP contribution in [0.25, 0.3) is 0 Å². The van der Waals surface area contributed by atoms with Gasteiger partial charge in [0.15, 0.2) is 0 Å². The third-order valence-corrected chi connectivity index (χ3v) is 3.70. The van der Waals surface area contributed by atoms with Gasteiger partial charge in [-0.05, 0) is 38.4 Å². The van der Waals surface area contributed by atoms with Crippen molar-refractivity contribution in [3.05, 3.63) is 34.9 Å². The van der Waals surface area contributed by atoms with Gasteiger partial charge < -0.3 is 5.73 Å². The number of carbonyl (C=O) groups is 1. The fraction of sp³-hybridized carbons (Fsp3) is 0.500. The average molecular weight is 232 g/mol. The average Bonchev–Trinajstić information content (AvgIpc) is 2.70. The predicted octanol–water partition coefficient (Wildman–Crippen LogP) is 1.76. The van der Waals surface area contributed by atoms with Crippen molar-refractivity contribution in [2.75, 3.05) is 20.1 Å². The molecule has 2 N–H and O–H groups in total.